The molecule has 0 saturated carbocycles. The van der Waals surface area contributed by atoms with Crippen LogP contribution in [-0.4, -0.2) is 23.8 Å². The summed E-state index contributed by atoms with van der Waals surface area (Å²) in [5, 5.41) is 12.3. The average molecular weight is 201 g/mol. The molecule has 0 saturated heterocycles. The lowest BCUT2D eigenvalue weighted by Gasteiger charge is -2.19. The highest BCUT2D eigenvalue weighted by molar-refractivity contribution is 4.67. The summed E-state index contributed by atoms with van der Waals surface area (Å²) in [7, 11) is 0. The van der Waals surface area contributed by atoms with Crippen LogP contribution in [0.3, 0.4) is 0 Å². The Morgan fingerprint density at radius 2 is 1.57 bits per heavy atom. The largest absolute Gasteiger partial charge is 0.396 e. The zero-order valence-electron chi connectivity index (χ0n) is 10.1. The van der Waals surface area contributed by atoms with Crippen LogP contribution in [0.4, 0.5) is 0 Å². The highest BCUT2D eigenvalue weighted by Crippen LogP contribution is 2.05. The first-order valence-corrected chi connectivity index (χ1v) is 6.07. The SMILES string of the molecule is CCCCCC(C)NC(C)CCCO. The van der Waals surface area contributed by atoms with Crippen molar-refractivity contribution in [3.8, 4) is 0 Å². The predicted octanol–water partition coefficient (Wildman–Crippen LogP) is 2.71. The smallest absolute Gasteiger partial charge is 0.0431 e. The fraction of sp³-hybridized carbons (Fsp3) is 1.00. The molecule has 0 aliphatic rings. The average Bonchev–Trinajstić information content (AvgIpc) is 2.15. The maximum absolute atomic E-state index is 8.69. The number of nitrogens with one attached hydrogen (secondary N) is 1. The fourth-order valence-electron chi connectivity index (χ4n) is 1.75. The molecular formula is C12H27NO. The summed E-state index contributed by atoms with van der Waals surface area (Å²) in [6, 6.07) is 1.16. The number of unbranched alkanes of at least 4 members (excludes halogenated alkanes) is 2. The fourth-order valence-corrected chi connectivity index (χ4v) is 1.75. The third-order valence-electron chi connectivity index (χ3n) is 2.60. The van der Waals surface area contributed by atoms with Gasteiger partial charge in [-0.25, -0.2) is 0 Å². The van der Waals surface area contributed by atoms with Crippen molar-refractivity contribution in [3.05, 3.63) is 0 Å². The van der Waals surface area contributed by atoms with E-state index in [-0.39, 0.29) is 0 Å². The van der Waals surface area contributed by atoms with Crippen molar-refractivity contribution in [3.63, 3.8) is 0 Å². The van der Waals surface area contributed by atoms with Gasteiger partial charge in [0.1, 0.15) is 0 Å². The van der Waals surface area contributed by atoms with Crippen LogP contribution in [0.1, 0.15) is 59.3 Å². The first kappa shape index (κ1) is 13.9. The van der Waals surface area contributed by atoms with Gasteiger partial charge in [0, 0.05) is 18.7 Å². The minimum Gasteiger partial charge on any atom is -0.396 e. The Kier molecular flexibility index (Phi) is 9.42. The molecule has 2 heteroatoms. The van der Waals surface area contributed by atoms with Gasteiger partial charge >= 0.3 is 0 Å². The van der Waals surface area contributed by atoms with Gasteiger partial charge in [0.05, 0.1) is 0 Å². The molecule has 0 aliphatic heterocycles. The number of hydrogen-bond acceptors (Lipinski definition) is 2. The summed E-state index contributed by atoms with van der Waals surface area (Å²) in [4.78, 5) is 0. The molecule has 0 fully saturated rings. The lowest BCUT2D eigenvalue weighted by molar-refractivity contribution is 0.273. The van der Waals surface area contributed by atoms with Crippen molar-refractivity contribution in [1.29, 1.82) is 0 Å². The highest BCUT2D eigenvalue weighted by atomic mass is 16.2. The Bertz CT molecular complexity index is 117. The van der Waals surface area contributed by atoms with Crippen molar-refractivity contribution in [2.45, 2.75) is 71.4 Å². The third kappa shape index (κ3) is 8.52. The first-order valence-electron chi connectivity index (χ1n) is 6.07. The number of aliphatic hydroxyl groups excluding tert-OH is 1. The molecule has 14 heavy (non-hydrogen) atoms. The Balaban J connectivity index is 3.35. The predicted molar refractivity (Wildman–Crippen MR) is 62.5 cm³/mol. The monoisotopic (exact) mass is 201 g/mol. The Labute approximate surface area is 89.1 Å². The zero-order valence-corrected chi connectivity index (χ0v) is 10.1. The van der Waals surface area contributed by atoms with Crippen LogP contribution in [0.25, 0.3) is 0 Å². The molecule has 0 amide bonds. The van der Waals surface area contributed by atoms with Gasteiger partial charge in [0.2, 0.25) is 0 Å². The van der Waals surface area contributed by atoms with E-state index in [0.717, 1.165) is 12.8 Å². The summed E-state index contributed by atoms with van der Waals surface area (Å²) in [5.74, 6) is 0. The summed E-state index contributed by atoms with van der Waals surface area (Å²) in [6.45, 7) is 7.01. The van der Waals surface area contributed by atoms with Crippen LogP contribution < -0.4 is 5.32 Å². The number of aliphatic hydroxyl groups is 1. The van der Waals surface area contributed by atoms with E-state index in [4.69, 9.17) is 5.11 Å². The first-order chi connectivity index (χ1) is 6.70. The second kappa shape index (κ2) is 9.47. The van der Waals surface area contributed by atoms with Crippen molar-refractivity contribution < 1.29 is 5.11 Å². The topological polar surface area (TPSA) is 32.3 Å². The van der Waals surface area contributed by atoms with Gasteiger partial charge in [-0.2, -0.15) is 0 Å². The van der Waals surface area contributed by atoms with Crippen molar-refractivity contribution in [2.24, 2.45) is 0 Å². The van der Waals surface area contributed by atoms with E-state index in [1.165, 1.54) is 25.7 Å². The summed E-state index contributed by atoms with van der Waals surface area (Å²) >= 11 is 0. The van der Waals surface area contributed by atoms with Crippen LogP contribution in [0, 0.1) is 0 Å². The molecule has 0 aromatic rings. The molecule has 2 nitrogen and oxygen atoms in total. The van der Waals surface area contributed by atoms with Crippen LogP contribution in [0.2, 0.25) is 0 Å². The van der Waals surface area contributed by atoms with Gasteiger partial charge in [-0.15, -0.1) is 0 Å². The van der Waals surface area contributed by atoms with Crippen molar-refractivity contribution in [2.75, 3.05) is 6.61 Å². The summed E-state index contributed by atoms with van der Waals surface area (Å²) < 4.78 is 0. The molecule has 0 aromatic heterocycles. The molecule has 2 N–H and O–H groups in total. The Morgan fingerprint density at radius 3 is 2.07 bits per heavy atom. The molecule has 86 valence electrons. The molecule has 0 heterocycles. The van der Waals surface area contributed by atoms with E-state index < -0.39 is 0 Å². The minimum absolute atomic E-state index is 0.316. The Morgan fingerprint density at radius 1 is 1.00 bits per heavy atom. The van der Waals surface area contributed by atoms with Crippen molar-refractivity contribution in [1.82, 2.24) is 5.32 Å². The highest BCUT2D eigenvalue weighted by Gasteiger charge is 2.06. The molecule has 2 unspecified atom stereocenters. The van der Waals surface area contributed by atoms with E-state index in [1.807, 2.05) is 0 Å². The minimum atomic E-state index is 0.316. The lowest BCUT2D eigenvalue weighted by Crippen LogP contribution is -2.34. The second-order valence-electron chi connectivity index (χ2n) is 4.33. The standard InChI is InChI=1S/C12H27NO/c1-4-5-6-8-11(2)13-12(3)9-7-10-14/h11-14H,4-10H2,1-3H3. The van der Waals surface area contributed by atoms with Gasteiger partial charge in [0.15, 0.2) is 0 Å². The van der Waals surface area contributed by atoms with Crippen molar-refractivity contribution >= 4 is 0 Å². The van der Waals surface area contributed by atoms with Gasteiger partial charge in [-0.1, -0.05) is 26.2 Å². The maximum Gasteiger partial charge on any atom is 0.0431 e. The third-order valence-corrected chi connectivity index (χ3v) is 2.60. The molecule has 0 rings (SSSR count). The van der Waals surface area contributed by atoms with Crippen LogP contribution >= 0.6 is 0 Å². The molecule has 2 atom stereocenters. The van der Waals surface area contributed by atoms with Crippen LogP contribution in [-0.2, 0) is 0 Å². The van der Waals surface area contributed by atoms with E-state index in [0.29, 0.717) is 18.7 Å². The van der Waals surface area contributed by atoms with Crippen LogP contribution in [0.5, 0.6) is 0 Å². The van der Waals surface area contributed by atoms with Gasteiger partial charge in [-0.3, -0.25) is 0 Å². The quantitative estimate of drug-likeness (QED) is 0.562. The van der Waals surface area contributed by atoms with E-state index in [1.54, 1.807) is 0 Å². The van der Waals surface area contributed by atoms with Gasteiger partial charge in [-0.05, 0) is 33.1 Å². The van der Waals surface area contributed by atoms with Gasteiger partial charge in [0.25, 0.3) is 0 Å². The summed E-state index contributed by atoms with van der Waals surface area (Å²) in [5.41, 5.74) is 0. The Hall–Kier alpha value is -0.0800. The number of hydrogen-bond donors (Lipinski definition) is 2. The maximum atomic E-state index is 8.69. The normalized spacial score (nSPS) is 15.4. The molecule has 0 spiro atoms. The molecular weight excluding hydrogens is 174 g/mol. The molecule has 0 aromatic carbocycles. The van der Waals surface area contributed by atoms with E-state index in [9.17, 15) is 0 Å². The lowest BCUT2D eigenvalue weighted by atomic mass is 10.1. The van der Waals surface area contributed by atoms with Crippen LogP contribution in [0.15, 0.2) is 0 Å². The molecule has 0 bridgehead atoms. The number of rotatable bonds is 9. The van der Waals surface area contributed by atoms with E-state index in [2.05, 4.69) is 26.1 Å². The molecule has 0 radical (unpaired) electrons. The zero-order chi connectivity index (χ0) is 10.8. The second-order valence-corrected chi connectivity index (χ2v) is 4.33. The summed E-state index contributed by atoms with van der Waals surface area (Å²) in [6.07, 6.45) is 7.24. The van der Waals surface area contributed by atoms with Gasteiger partial charge < -0.3 is 10.4 Å². The van der Waals surface area contributed by atoms with E-state index >= 15 is 0 Å². The molecule has 0 aliphatic carbocycles.